The molecule has 2 rings (SSSR count). The van der Waals surface area contributed by atoms with Crippen LogP contribution in [0.25, 0.3) is 0 Å². The van der Waals surface area contributed by atoms with Gasteiger partial charge in [-0.2, -0.15) is 0 Å². The first kappa shape index (κ1) is 12.4. The maximum absolute atomic E-state index is 12.0. The molecule has 2 fully saturated rings. The van der Waals surface area contributed by atoms with E-state index in [1.54, 1.807) is 0 Å². The molecule has 0 spiro atoms. The monoisotopic (exact) mass is 239 g/mol. The molecule has 0 bridgehead atoms. The van der Waals surface area contributed by atoms with Crippen LogP contribution >= 0.6 is 0 Å². The fraction of sp³-hybridized carbons (Fsp3) is 0.833. The molecule has 2 aliphatic heterocycles. The molecular formula is C12H21N3O2. The van der Waals surface area contributed by atoms with Crippen molar-refractivity contribution in [1.82, 2.24) is 16.0 Å². The van der Waals surface area contributed by atoms with Crippen LogP contribution in [0.15, 0.2) is 0 Å². The highest BCUT2D eigenvalue weighted by Crippen LogP contribution is 2.09. The van der Waals surface area contributed by atoms with Gasteiger partial charge in [0, 0.05) is 19.0 Å². The molecule has 17 heavy (non-hydrogen) atoms. The quantitative estimate of drug-likeness (QED) is 0.631. The average molecular weight is 239 g/mol. The van der Waals surface area contributed by atoms with Crippen molar-refractivity contribution in [1.29, 1.82) is 0 Å². The van der Waals surface area contributed by atoms with Gasteiger partial charge in [0.25, 0.3) is 0 Å². The number of rotatable bonds is 2. The number of carbonyl (C=O) groups is 2. The van der Waals surface area contributed by atoms with Crippen LogP contribution in [-0.2, 0) is 9.59 Å². The lowest BCUT2D eigenvalue weighted by Crippen LogP contribution is -2.52. The Hall–Kier alpha value is -1.10. The van der Waals surface area contributed by atoms with Crippen LogP contribution in [0.4, 0.5) is 0 Å². The standard InChI is InChI=1S/C12H21N3O2/c16-11-6-5-9(8-14-11)15-12(17)10-4-2-1-3-7-13-10/h9-10,13H,1-8H2,(H,14,16)(H,15,17). The van der Waals surface area contributed by atoms with E-state index in [1.807, 2.05) is 0 Å². The van der Waals surface area contributed by atoms with Gasteiger partial charge in [0.1, 0.15) is 0 Å². The van der Waals surface area contributed by atoms with Crippen molar-refractivity contribution in [3.63, 3.8) is 0 Å². The molecule has 0 aromatic carbocycles. The Balaban J connectivity index is 1.77. The van der Waals surface area contributed by atoms with E-state index < -0.39 is 0 Å². The number of nitrogens with one attached hydrogen (secondary N) is 3. The summed E-state index contributed by atoms with van der Waals surface area (Å²) in [7, 11) is 0. The molecule has 0 radical (unpaired) electrons. The SMILES string of the molecule is O=C1CCC(NC(=O)C2CCCCCN2)CN1. The van der Waals surface area contributed by atoms with Gasteiger partial charge in [-0.3, -0.25) is 9.59 Å². The molecule has 0 aliphatic carbocycles. The Labute approximate surface area is 102 Å². The van der Waals surface area contributed by atoms with Crippen molar-refractivity contribution in [3.05, 3.63) is 0 Å². The van der Waals surface area contributed by atoms with Gasteiger partial charge in [-0.05, 0) is 25.8 Å². The Bertz CT molecular complexity index is 275. The molecule has 96 valence electrons. The molecule has 5 heteroatoms. The highest BCUT2D eigenvalue weighted by Gasteiger charge is 2.24. The third-order valence-corrected chi connectivity index (χ3v) is 3.49. The van der Waals surface area contributed by atoms with Gasteiger partial charge in [-0.15, -0.1) is 0 Å². The second-order valence-electron chi connectivity index (χ2n) is 4.90. The van der Waals surface area contributed by atoms with Gasteiger partial charge in [-0.1, -0.05) is 12.8 Å². The lowest BCUT2D eigenvalue weighted by atomic mass is 10.1. The van der Waals surface area contributed by atoms with Crippen LogP contribution in [0.5, 0.6) is 0 Å². The minimum atomic E-state index is -0.0462. The van der Waals surface area contributed by atoms with Crippen LogP contribution in [0.2, 0.25) is 0 Å². The van der Waals surface area contributed by atoms with Crippen molar-refractivity contribution >= 4 is 11.8 Å². The Morgan fingerprint density at radius 3 is 2.88 bits per heavy atom. The molecule has 0 saturated carbocycles. The maximum atomic E-state index is 12.0. The normalized spacial score (nSPS) is 30.2. The van der Waals surface area contributed by atoms with Gasteiger partial charge in [0.2, 0.25) is 11.8 Å². The Kier molecular flexibility index (Phi) is 4.36. The topological polar surface area (TPSA) is 70.2 Å². The molecule has 2 unspecified atom stereocenters. The fourth-order valence-electron chi connectivity index (χ4n) is 2.41. The summed E-state index contributed by atoms with van der Waals surface area (Å²) in [5, 5.41) is 9.08. The number of hydrogen-bond donors (Lipinski definition) is 3. The van der Waals surface area contributed by atoms with E-state index in [-0.39, 0.29) is 23.9 Å². The maximum Gasteiger partial charge on any atom is 0.237 e. The number of amides is 2. The summed E-state index contributed by atoms with van der Waals surface area (Å²) in [6.07, 6.45) is 5.67. The number of carbonyl (C=O) groups excluding carboxylic acids is 2. The van der Waals surface area contributed by atoms with E-state index >= 15 is 0 Å². The van der Waals surface area contributed by atoms with Crippen LogP contribution in [0.1, 0.15) is 38.5 Å². The van der Waals surface area contributed by atoms with Gasteiger partial charge in [0.15, 0.2) is 0 Å². The summed E-state index contributed by atoms with van der Waals surface area (Å²) >= 11 is 0. The fourth-order valence-corrected chi connectivity index (χ4v) is 2.41. The predicted octanol–water partition coefficient (Wildman–Crippen LogP) is -0.0866. The van der Waals surface area contributed by atoms with Crippen LogP contribution in [-0.4, -0.2) is 37.0 Å². The van der Waals surface area contributed by atoms with Crippen molar-refractivity contribution in [3.8, 4) is 0 Å². The van der Waals surface area contributed by atoms with Gasteiger partial charge in [0.05, 0.1) is 6.04 Å². The van der Waals surface area contributed by atoms with E-state index in [0.717, 1.165) is 32.2 Å². The van der Waals surface area contributed by atoms with Crippen molar-refractivity contribution in [2.75, 3.05) is 13.1 Å². The molecule has 5 nitrogen and oxygen atoms in total. The van der Waals surface area contributed by atoms with Crippen LogP contribution in [0.3, 0.4) is 0 Å². The highest BCUT2D eigenvalue weighted by molar-refractivity contribution is 5.82. The number of piperidine rings is 1. The second-order valence-corrected chi connectivity index (χ2v) is 4.90. The molecule has 0 aromatic rings. The Morgan fingerprint density at radius 1 is 1.24 bits per heavy atom. The summed E-state index contributed by atoms with van der Waals surface area (Å²) in [4.78, 5) is 23.0. The third kappa shape index (κ3) is 3.70. The average Bonchev–Trinajstić information content (AvgIpc) is 2.61. The van der Waals surface area contributed by atoms with E-state index in [1.165, 1.54) is 6.42 Å². The highest BCUT2D eigenvalue weighted by atomic mass is 16.2. The Morgan fingerprint density at radius 2 is 2.12 bits per heavy atom. The summed E-state index contributed by atoms with van der Waals surface area (Å²) in [6, 6.07) is 0.0559. The molecule has 2 aliphatic rings. The first-order chi connectivity index (χ1) is 8.25. The zero-order valence-corrected chi connectivity index (χ0v) is 10.1. The van der Waals surface area contributed by atoms with E-state index in [0.29, 0.717) is 13.0 Å². The summed E-state index contributed by atoms with van der Waals surface area (Å²) < 4.78 is 0. The predicted molar refractivity (Wildman–Crippen MR) is 64.4 cm³/mol. The minimum Gasteiger partial charge on any atom is -0.354 e. The molecule has 2 saturated heterocycles. The molecule has 2 amide bonds. The van der Waals surface area contributed by atoms with Crippen molar-refractivity contribution in [2.24, 2.45) is 0 Å². The van der Waals surface area contributed by atoms with Crippen molar-refractivity contribution < 1.29 is 9.59 Å². The van der Waals surface area contributed by atoms with Gasteiger partial charge < -0.3 is 16.0 Å². The largest absolute Gasteiger partial charge is 0.354 e. The van der Waals surface area contributed by atoms with E-state index in [9.17, 15) is 9.59 Å². The molecule has 2 heterocycles. The first-order valence-electron chi connectivity index (χ1n) is 6.56. The van der Waals surface area contributed by atoms with Gasteiger partial charge in [-0.25, -0.2) is 0 Å². The zero-order valence-electron chi connectivity index (χ0n) is 10.1. The summed E-state index contributed by atoms with van der Waals surface area (Å²) in [5.41, 5.74) is 0. The minimum absolute atomic E-state index is 0.0462. The van der Waals surface area contributed by atoms with Crippen molar-refractivity contribution in [2.45, 2.75) is 50.6 Å². The second kappa shape index (κ2) is 6.00. The van der Waals surface area contributed by atoms with E-state index in [2.05, 4.69) is 16.0 Å². The summed E-state index contributed by atoms with van der Waals surface area (Å²) in [5.74, 6) is 0.177. The lowest BCUT2D eigenvalue weighted by Gasteiger charge is -2.25. The molecule has 3 N–H and O–H groups in total. The molecular weight excluding hydrogens is 218 g/mol. The third-order valence-electron chi connectivity index (χ3n) is 3.49. The van der Waals surface area contributed by atoms with Gasteiger partial charge >= 0.3 is 0 Å². The van der Waals surface area contributed by atoms with Crippen LogP contribution < -0.4 is 16.0 Å². The number of hydrogen-bond acceptors (Lipinski definition) is 3. The summed E-state index contributed by atoms with van der Waals surface area (Å²) in [6.45, 7) is 1.50. The van der Waals surface area contributed by atoms with Crippen LogP contribution in [0, 0.1) is 0 Å². The zero-order chi connectivity index (χ0) is 12.1. The first-order valence-corrected chi connectivity index (χ1v) is 6.56. The lowest BCUT2D eigenvalue weighted by molar-refractivity contribution is -0.126. The smallest absolute Gasteiger partial charge is 0.237 e. The van der Waals surface area contributed by atoms with E-state index in [4.69, 9.17) is 0 Å². The molecule has 2 atom stereocenters. The molecule has 0 aromatic heterocycles.